The first-order valence-corrected chi connectivity index (χ1v) is 12.3. The van der Waals surface area contributed by atoms with Gasteiger partial charge in [-0.05, 0) is 42.7 Å². The second-order valence-corrected chi connectivity index (χ2v) is 9.70. The van der Waals surface area contributed by atoms with Crippen molar-refractivity contribution in [2.75, 3.05) is 24.2 Å². The highest BCUT2D eigenvalue weighted by atomic mass is 32.2. The van der Waals surface area contributed by atoms with Crippen molar-refractivity contribution in [3.63, 3.8) is 0 Å². The third-order valence-corrected chi connectivity index (χ3v) is 6.23. The summed E-state index contributed by atoms with van der Waals surface area (Å²) in [7, 11) is -3.95. The van der Waals surface area contributed by atoms with E-state index in [4.69, 9.17) is 0 Å². The van der Waals surface area contributed by atoms with Gasteiger partial charge in [-0.15, -0.1) is 0 Å². The van der Waals surface area contributed by atoms with Crippen molar-refractivity contribution < 1.29 is 31.5 Å². The molecular formula is C23H28F3NO4S. The van der Waals surface area contributed by atoms with Crippen LogP contribution in [0.5, 0.6) is 0 Å². The minimum absolute atomic E-state index is 0.0742. The lowest BCUT2D eigenvalue weighted by Crippen LogP contribution is -2.27. The summed E-state index contributed by atoms with van der Waals surface area (Å²) in [6.45, 7) is 5.02. The molecule has 2 aromatic carbocycles. The van der Waals surface area contributed by atoms with E-state index in [9.17, 15) is 31.5 Å². The minimum Gasteiger partial charge on any atom is -0.478 e. The van der Waals surface area contributed by atoms with Crippen molar-refractivity contribution in [3.05, 3.63) is 47.5 Å². The number of benzene rings is 2. The SMILES string of the molecule is CCCCN(CCCC)c1cc(C(=O)O)cc(S(C)(=O)=O)c1-c1cccc(C(F)(F)F)c1. The van der Waals surface area contributed by atoms with E-state index in [-0.39, 0.29) is 21.6 Å². The molecular weight excluding hydrogens is 443 g/mol. The van der Waals surface area contributed by atoms with Crippen LogP contribution in [-0.2, 0) is 16.0 Å². The molecule has 2 aromatic rings. The first-order valence-electron chi connectivity index (χ1n) is 10.4. The maximum atomic E-state index is 13.4. The van der Waals surface area contributed by atoms with E-state index < -0.39 is 27.5 Å². The summed E-state index contributed by atoms with van der Waals surface area (Å²) in [6.07, 6.45) is -0.462. The summed E-state index contributed by atoms with van der Waals surface area (Å²) in [6, 6.07) is 6.85. The average molecular weight is 472 g/mol. The molecule has 1 N–H and O–H groups in total. The first kappa shape index (κ1) is 25.7. The number of rotatable bonds is 10. The number of aromatic carboxylic acids is 1. The predicted octanol–water partition coefficient (Wildman–Crippen LogP) is 5.88. The predicted molar refractivity (Wildman–Crippen MR) is 119 cm³/mol. The summed E-state index contributed by atoms with van der Waals surface area (Å²) in [5, 5.41) is 9.58. The lowest BCUT2D eigenvalue weighted by atomic mass is 9.98. The van der Waals surface area contributed by atoms with Gasteiger partial charge in [0.2, 0.25) is 0 Å². The van der Waals surface area contributed by atoms with E-state index in [1.807, 2.05) is 18.7 Å². The van der Waals surface area contributed by atoms with Crippen LogP contribution in [0.2, 0.25) is 0 Å². The Bertz CT molecular complexity index is 1060. The van der Waals surface area contributed by atoms with E-state index in [1.165, 1.54) is 18.2 Å². The van der Waals surface area contributed by atoms with Crippen molar-refractivity contribution in [2.24, 2.45) is 0 Å². The van der Waals surface area contributed by atoms with Crippen molar-refractivity contribution in [1.82, 2.24) is 0 Å². The maximum Gasteiger partial charge on any atom is 0.416 e. The number of carboxylic acids is 1. The molecule has 0 bridgehead atoms. The first-order chi connectivity index (χ1) is 14.9. The summed E-state index contributed by atoms with van der Waals surface area (Å²) < 4.78 is 65.4. The van der Waals surface area contributed by atoms with Crippen LogP contribution in [0.3, 0.4) is 0 Å². The van der Waals surface area contributed by atoms with Crippen molar-refractivity contribution in [1.29, 1.82) is 0 Å². The largest absolute Gasteiger partial charge is 0.478 e. The summed E-state index contributed by atoms with van der Waals surface area (Å²) in [5.74, 6) is -1.31. The molecule has 0 fully saturated rings. The van der Waals surface area contributed by atoms with Crippen LogP contribution in [0, 0.1) is 0 Å². The number of anilines is 1. The smallest absolute Gasteiger partial charge is 0.416 e. The second-order valence-electron chi connectivity index (χ2n) is 7.72. The molecule has 5 nitrogen and oxygen atoms in total. The molecule has 0 atom stereocenters. The number of hydrogen-bond acceptors (Lipinski definition) is 4. The summed E-state index contributed by atoms with van der Waals surface area (Å²) in [4.78, 5) is 13.3. The van der Waals surface area contributed by atoms with Gasteiger partial charge >= 0.3 is 12.1 Å². The van der Waals surface area contributed by atoms with Gasteiger partial charge in [-0.25, -0.2) is 13.2 Å². The van der Waals surface area contributed by atoms with Crippen LogP contribution in [0.4, 0.5) is 18.9 Å². The third kappa shape index (κ3) is 6.25. The second kappa shape index (κ2) is 10.4. The highest BCUT2D eigenvalue weighted by molar-refractivity contribution is 7.90. The molecule has 0 amide bonds. The molecule has 0 aliphatic heterocycles. The van der Waals surface area contributed by atoms with Gasteiger partial charge in [0.1, 0.15) is 0 Å². The topological polar surface area (TPSA) is 74.7 Å². The van der Waals surface area contributed by atoms with Crippen molar-refractivity contribution in [3.8, 4) is 11.1 Å². The van der Waals surface area contributed by atoms with Gasteiger partial charge in [0.15, 0.2) is 9.84 Å². The summed E-state index contributed by atoms with van der Waals surface area (Å²) in [5.41, 5.74) is -0.655. The van der Waals surface area contributed by atoms with Crippen LogP contribution >= 0.6 is 0 Å². The van der Waals surface area contributed by atoms with Gasteiger partial charge in [0, 0.05) is 30.6 Å². The molecule has 2 rings (SSSR count). The Hall–Kier alpha value is -2.55. The molecule has 0 heterocycles. The molecule has 0 aliphatic rings. The van der Waals surface area contributed by atoms with Crippen LogP contribution in [0.25, 0.3) is 11.1 Å². The molecule has 0 spiro atoms. The van der Waals surface area contributed by atoms with Gasteiger partial charge in [-0.2, -0.15) is 13.2 Å². The summed E-state index contributed by atoms with van der Waals surface area (Å²) >= 11 is 0. The van der Waals surface area contributed by atoms with Crippen molar-refractivity contribution in [2.45, 2.75) is 50.6 Å². The van der Waals surface area contributed by atoms with E-state index in [0.29, 0.717) is 18.8 Å². The number of alkyl halides is 3. The Morgan fingerprint density at radius 2 is 1.62 bits per heavy atom. The Labute approximate surface area is 186 Å². The Kier molecular flexibility index (Phi) is 8.34. The molecule has 0 aliphatic carbocycles. The van der Waals surface area contributed by atoms with Gasteiger partial charge in [-0.1, -0.05) is 38.8 Å². The molecule has 0 saturated heterocycles. The lowest BCUT2D eigenvalue weighted by Gasteiger charge is -2.29. The van der Waals surface area contributed by atoms with Crippen LogP contribution in [0.15, 0.2) is 41.3 Å². The van der Waals surface area contributed by atoms with Gasteiger partial charge in [0.05, 0.1) is 16.0 Å². The number of halogens is 3. The highest BCUT2D eigenvalue weighted by Gasteiger charge is 2.32. The van der Waals surface area contributed by atoms with Crippen LogP contribution in [-0.4, -0.2) is 38.8 Å². The number of carboxylic acid groups (broad SMARTS) is 1. The normalized spacial score (nSPS) is 12.1. The standard InChI is InChI=1S/C23H28F3NO4S/c1-4-6-11-27(12-7-5-2)19-14-17(22(28)29)15-20(32(3,30)31)21(19)16-9-8-10-18(13-16)23(24,25)26/h8-10,13-15H,4-7,11-12H2,1-3H3,(H,28,29). The molecule has 0 aromatic heterocycles. The maximum absolute atomic E-state index is 13.4. The number of sulfone groups is 1. The van der Waals surface area contributed by atoms with E-state index >= 15 is 0 Å². The Morgan fingerprint density at radius 3 is 2.09 bits per heavy atom. The number of nitrogens with zero attached hydrogens (tertiary/aromatic N) is 1. The molecule has 176 valence electrons. The molecule has 32 heavy (non-hydrogen) atoms. The zero-order valence-electron chi connectivity index (χ0n) is 18.4. The highest BCUT2D eigenvalue weighted by Crippen LogP contribution is 2.40. The van der Waals surface area contributed by atoms with Crippen LogP contribution < -0.4 is 4.90 Å². The fourth-order valence-electron chi connectivity index (χ4n) is 3.46. The van der Waals surface area contributed by atoms with Crippen molar-refractivity contribution >= 4 is 21.5 Å². The monoisotopic (exact) mass is 471 g/mol. The molecule has 0 unspecified atom stereocenters. The quantitative estimate of drug-likeness (QED) is 0.468. The zero-order valence-corrected chi connectivity index (χ0v) is 19.2. The molecule has 9 heteroatoms. The molecule has 0 radical (unpaired) electrons. The Balaban J connectivity index is 2.92. The van der Waals surface area contributed by atoms with E-state index in [2.05, 4.69) is 0 Å². The number of unbranched alkanes of at least 4 members (excludes halogenated alkanes) is 2. The number of carbonyl (C=O) groups is 1. The van der Waals surface area contributed by atoms with Gasteiger partial charge < -0.3 is 10.0 Å². The minimum atomic E-state index is -4.60. The van der Waals surface area contributed by atoms with E-state index in [1.54, 1.807) is 0 Å². The Morgan fingerprint density at radius 1 is 1.03 bits per heavy atom. The fraction of sp³-hybridized carbons (Fsp3) is 0.435. The third-order valence-electron chi connectivity index (χ3n) is 5.11. The van der Waals surface area contributed by atoms with Gasteiger partial charge in [0.25, 0.3) is 0 Å². The average Bonchev–Trinajstić information content (AvgIpc) is 2.71. The van der Waals surface area contributed by atoms with E-state index in [0.717, 1.165) is 50.1 Å². The van der Waals surface area contributed by atoms with Crippen LogP contribution in [0.1, 0.15) is 55.5 Å². The molecule has 0 saturated carbocycles. The fourth-order valence-corrected chi connectivity index (χ4v) is 4.39. The number of hydrogen-bond donors (Lipinski definition) is 1. The lowest BCUT2D eigenvalue weighted by molar-refractivity contribution is -0.137. The zero-order chi connectivity index (χ0) is 24.1. The van der Waals surface area contributed by atoms with Gasteiger partial charge in [-0.3, -0.25) is 0 Å².